The molecule has 1 heteroatoms. The average molecular weight is 146 g/mol. The van der Waals surface area contributed by atoms with Crippen LogP contribution in [0, 0.1) is 24.7 Å². The summed E-state index contributed by atoms with van der Waals surface area (Å²) in [6.07, 6.45) is 15.9. The Morgan fingerprint density at radius 1 is 1.27 bits per heavy atom. The maximum Gasteiger partial charge on any atom is 0.145 e. The zero-order valence-electron chi connectivity index (χ0n) is 6.59. The highest BCUT2D eigenvalue weighted by Gasteiger charge is 2.25. The van der Waals surface area contributed by atoms with Gasteiger partial charge in [0.15, 0.2) is 0 Å². The van der Waals surface area contributed by atoms with Crippen LogP contribution < -0.4 is 0 Å². The summed E-state index contributed by atoms with van der Waals surface area (Å²) in [4.78, 5) is 0. The van der Waals surface area contributed by atoms with Crippen molar-refractivity contribution in [2.75, 3.05) is 19.6 Å². The van der Waals surface area contributed by atoms with Crippen LogP contribution in [0.4, 0.5) is 0 Å². The van der Waals surface area contributed by atoms with E-state index in [4.69, 9.17) is 12.8 Å². The predicted molar refractivity (Wildman–Crippen MR) is 46.3 cm³/mol. The zero-order valence-corrected chi connectivity index (χ0v) is 6.59. The molecule has 1 aliphatic rings. The minimum atomic E-state index is 0.723. The third-order valence-corrected chi connectivity index (χ3v) is 1.98. The van der Waals surface area contributed by atoms with Crippen LogP contribution in [-0.2, 0) is 0 Å². The normalized spacial score (nSPS) is 19.1. The fourth-order valence-electron chi connectivity index (χ4n) is 1.39. The topological polar surface area (TPSA) is 0 Å². The van der Waals surface area contributed by atoms with Crippen molar-refractivity contribution < 1.29 is 4.48 Å². The van der Waals surface area contributed by atoms with Gasteiger partial charge in [-0.3, -0.25) is 4.48 Å². The van der Waals surface area contributed by atoms with Gasteiger partial charge >= 0.3 is 0 Å². The Balaban J connectivity index is 2.66. The van der Waals surface area contributed by atoms with Crippen molar-refractivity contribution in [2.24, 2.45) is 0 Å². The lowest BCUT2D eigenvalue weighted by molar-refractivity contribution is -0.859. The molecule has 0 radical (unpaired) electrons. The molecule has 1 nitrogen and oxygen atoms in total. The summed E-state index contributed by atoms with van der Waals surface area (Å²) < 4.78 is 0.785. The van der Waals surface area contributed by atoms with E-state index in [1.54, 1.807) is 0 Å². The van der Waals surface area contributed by atoms with Gasteiger partial charge in [-0.25, -0.2) is 0 Å². The van der Waals surface area contributed by atoms with Gasteiger partial charge in [0.05, 0.1) is 12.7 Å². The van der Waals surface area contributed by atoms with Gasteiger partial charge in [-0.2, -0.15) is 0 Å². The molecule has 0 aromatic heterocycles. The van der Waals surface area contributed by atoms with Crippen molar-refractivity contribution in [3.05, 3.63) is 12.3 Å². The van der Waals surface area contributed by atoms with Gasteiger partial charge in [-0.05, 0) is 17.9 Å². The fourth-order valence-corrected chi connectivity index (χ4v) is 1.39. The van der Waals surface area contributed by atoms with E-state index in [9.17, 15) is 0 Å². The van der Waals surface area contributed by atoms with Crippen molar-refractivity contribution in [3.8, 4) is 24.7 Å². The monoisotopic (exact) mass is 146 g/mol. The molecule has 0 unspecified atom stereocenters. The zero-order chi connectivity index (χ0) is 8.16. The number of hydrogen-bond donors (Lipinski definition) is 0. The van der Waals surface area contributed by atoms with Gasteiger partial charge in [0.2, 0.25) is 0 Å². The van der Waals surface area contributed by atoms with Crippen molar-refractivity contribution in [1.82, 2.24) is 0 Å². The van der Waals surface area contributed by atoms with E-state index in [0.29, 0.717) is 0 Å². The Labute approximate surface area is 68.3 Å². The summed E-state index contributed by atoms with van der Waals surface area (Å²) in [6, 6.07) is 0. The van der Waals surface area contributed by atoms with Crippen molar-refractivity contribution in [2.45, 2.75) is 6.42 Å². The van der Waals surface area contributed by atoms with Gasteiger partial charge in [0, 0.05) is 6.42 Å². The summed E-state index contributed by atoms with van der Waals surface area (Å²) in [6.45, 7) is 2.51. The van der Waals surface area contributed by atoms with Crippen LogP contribution in [0.15, 0.2) is 12.3 Å². The van der Waals surface area contributed by atoms with E-state index < -0.39 is 0 Å². The molecule has 0 atom stereocenters. The molecule has 11 heavy (non-hydrogen) atoms. The first-order valence-corrected chi connectivity index (χ1v) is 3.73. The molecule has 0 bridgehead atoms. The maximum atomic E-state index is 5.26. The highest BCUT2D eigenvalue weighted by Crippen LogP contribution is 2.15. The number of terminal acetylenes is 2. The number of nitrogens with zero attached hydrogens (tertiary/aromatic N) is 1. The molecule has 56 valence electrons. The van der Waals surface area contributed by atoms with E-state index in [0.717, 1.165) is 30.5 Å². The summed E-state index contributed by atoms with van der Waals surface area (Å²) in [5, 5.41) is 0. The Morgan fingerprint density at radius 2 is 1.91 bits per heavy atom. The molecule has 0 N–H and O–H groups in total. The molecule has 0 amide bonds. The van der Waals surface area contributed by atoms with Gasteiger partial charge in [0.25, 0.3) is 0 Å². The lowest BCUT2D eigenvalue weighted by atomic mass is 10.4. The smallest absolute Gasteiger partial charge is 0.145 e. The molecule has 0 saturated heterocycles. The fraction of sp³-hybridized carbons (Fsp3) is 0.400. The second-order valence-electron chi connectivity index (χ2n) is 2.84. The van der Waals surface area contributed by atoms with Crippen molar-refractivity contribution in [3.63, 3.8) is 0 Å². The van der Waals surface area contributed by atoms with E-state index in [-0.39, 0.29) is 0 Å². The van der Waals surface area contributed by atoms with Crippen LogP contribution in [0.5, 0.6) is 0 Å². The Kier molecular flexibility index (Phi) is 2.36. The standard InChI is InChI=1S/C10H12N/c1-3-7-11(8-4-2)9-5-6-10-11/h1-2,5,9H,6-8,10H2/q+1. The molecule has 0 saturated carbocycles. The SMILES string of the molecule is C#CC[N+]1(CC#C)C=CCC1. The maximum absolute atomic E-state index is 5.26. The molecule has 1 rings (SSSR count). The molecule has 0 spiro atoms. The molecule has 0 fully saturated rings. The first-order chi connectivity index (χ1) is 5.33. The van der Waals surface area contributed by atoms with Crippen molar-refractivity contribution in [1.29, 1.82) is 0 Å². The van der Waals surface area contributed by atoms with E-state index in [2.05, 4.69) is 24.1 Å². The van der Waals surface area contributed by atoms with Crippen LogP contribution >= 0.6 is 0 Å². The summed E-state index contributed by atoms with van der Waals surface area (Å²) in [5.74, 6) is 5.32. The highest BCUT2D eigenvalue weighted by atomic mass is 15.3. The summed E-state index contributed by atoms with van der Waals surface area (Å²) in [7, 11) is 0. The lowest BCUT2D eigenvalue weighted by Gasteiger charge is -2.26. The molecule has 0 aliphatic carbocycles. The Hall–Kier alpha value is -1.18. The number of hydrogen-bond acceptors (Lipinski definition) is 0. The van der Waals surface area contributed by atoms with Gasteiger partial charge in [0.1, 0.15) is 13.1 Å². The first kappa shape index (κ1) is 7.92. The Bertz CT molecular complexity index is 221. The van der Waals surface area contributed by atoms with Crippen LogP contribution in [0.3, 0.4) is 0 Å². The van der Waals surface area contributed by atoms with Gasteiger partial charge in [-0.1, -0.05) is 0 Å². The molecular weight excluding hydrogens is 134 g/mol. The van der Waals surface area contributed by atoms with E-state index >= 15 is 0 Å². The summed E-state index contributed by atoms with van der Waals surface area (Å²) >= 11 is 0. The quantitative estimate of drug-likeness (QED) is 0.402. The second kappa shape index (κ2) is 3.28. The minimum Gasteiger partial charge on any atom is -0.277 e. The largest absolute Gasteiger partial charge is 0.277 e. The third-order valence-electron chi connectivity index (χ3n) is 1.98. The first-order valence-electron chi connectivity index (χ1n) is 3.73. The molecule has 1 aliphatic heterocycles. The minimum absolute atomic E-state index is 0.723. The predicted octanol–water partition coefficient (Wildman–Crippen LogP) is 0.987. The van der Waals surface area contributed by atoms with Crippen LogP contribution in [0.25, 0.3) is 0 Å². The third kappa shape index (κ3) is 1.64. The second-order valence-corrected chi connectivity index (χ2v) is 2.84. The lowest BCUT2D eigenvalue weighted by Crippen LogP contribution is -2.41. The van der Waals surface area contributed by atoms with Crippen LogP contribution in [-0.4, -0.2) is 24.1 Å². The number of rotatable bonds is 2. The van der Waals surface area contributed by atoms with Crippen molar-refractivity contribution >= 4 is 0 Å². The van der Waals surface area contributed by atoms with E-state index in [1.165, 1.54) is 0 Å². The van der Waals surface area contributed by atoms with Crippen LogP contribution in [0.2, 0.25) is 0 Å². The highest BCUT2D eigenvalue weighted by molar-refractivity contribution is 4.94. The average Bonchev–Trinajstić information content (AvgIpc) is 2.39. The summed E-state index contributed by atoms with van der Waals surface area (Å²) in [5.41, 5.74) is 0. The van der Waals surface area contributed by atoms with Gasteiger partial charge in [-0.15, -0.1) is 12.8 Å². The van der Waals surface area contributed by atoms with Gasteiger partial charge < -0.3 is 0 Å². The number of quaternary nitrogens is 1. The molecule has 1 heterocycles. The molecular formula is C10H12N+. The van der Waals surface area contributed by atoms with E-state index in [1.807, 2.05) is 0 Å². The van der Waals surface area contributed by atoms with Crippen LogP contribution in [0.1, 0.15) is 6.42 Å². The Morgan fingerprint density at radius 3 is 2.27 bits per heavy atom. The molecule has 0 aromatic carbocycles. The molecule has 0 aromatic rings.